The van der Waals surface area contributed by atoms with Crippen molar-refractivity contribution >= 4 is 17.6 Å². The molecule has 0 unspecified atom stereocenters. The highest BCUT2D eigenvalue weighted by Gasteiger charge is 2.07. The maximum absolute atomic E-state index is 11.8. The first kappa shape index (κ1) is 17.0. The lowest BCUT2D eigenvalue weighted by molar-refractivity contribution is -0.111. The molecule has 0 saturated carbocycles. The molecule has 0 fully saturated rings. The summed E-state index contributed by atoms with van der Waals surface area (Å²) in [6.07, 6.45) is 4.56. The highest BCUT2D eigenvalue weighted by Crippen LogP contribution is 2.11. The molecule has 1 aromatic rings. The standard InChI is InChI=1S/C17H23NO3/c1-4-5-6-11-21-17(20)14-7-9-15(10-8-14)18-16(19)12-13(2)3/h7-10,12H,4-6,11H2,1-3H3,(H,18,19). The van der Waals surface area contributed by atoms with Crippen molar-refractivity contribution in [3.8, 4) is 0 Å². The van der Waals surface area contributed by atoms with Crippen LogP contribution in [0.4, 0.5) is 5.69 Å². The van der Waals surface area contributed by atoms with Crippen LogP contribution in [-0.4, -0.2) is 18.5 Å². The second kappa shape index (κ2) is 8.95. The van der Waals surface area contributed by atoms with Crippen LogP contribution in [0.2, 0.25) is 0 Å². The summed E-state index contributed by atoms with van der Waals surface area (Å²) < 4.78 is 5.17. The number of anilines is 1. The number of benzene rings is 1. The molecular weight excluding hydrogens is 266 g/mol. The molecule has 0 spiro atoms. The molecule has 1 N–H and O–H groups in total. The molecule has 0 aliphatic heterocycles. The number of ether oxygens (including phenoxy) is 1. The van der Waals surface area contributed by atoms with Gasteiger partial charge in [0, 0.05) is 11.8 Å². The molecule has 0 aliphatic carbocycles. The van der Waals surface area contributed by atoms with Crippen molar-refractivity contribution in [2.45, 2.75) is 40.0 Å². The van der Waals surface area contributed by atoms with E-state index in [1.165, 1.54) is 6.08 Å². The summed E-state index contributed by atoms with van der Waals surface area (Å²) >= 11 is 0. The summed E-state index contributed by atoms with van der Waals surface area (Å²) in [7, 11) is 0. The predicted octanol–water partition coefficient (Wildman–Crippen LogP) is 3.94. The zero-order chi connectivity index (χ0) is 15.7. The number of allylic oxidation sites excluding steroid dienone is 1. The van der Waals surface area contributed by atoms with E-state index in [1.54, 1.807) is 24.3 Å². The van der Waals surface area contributed by atoms with Gasteiger partial charge in [-0.15, -0.1) is 0 Å². The summed E-state index contributed by atoms with van der Waals surface area (Å²) in [6, 6.07) is 6.69. The summed E-state index contributed by atoms with van der Waals surface area (Å²) in [6.45, 7) is 6.27. The van der Waals surface area contributed by atoms with Crippen LogP contribution in [-0.2, 0) is 9.53 Å². The van der Waals surface area contributed by atoms with Crippen LogP contribution in [0.5, 0.6) is 0 Å². The number of unbranched alkanes of at least 4 members (excludes halogenated alkanes) is 2. The Balaban J connectivity index is 2.51. The Morgan fingerprint density at radius 3 is 2.38 bits per heavy atom. The molecule has 0 heterocycles. The van der Waals surface area contributed by atoms with E-state index in [4.69, 9.17) is 4.74 Å². The largest absolute Gasteiger partial charge is 0.462 e. The number of carbonyl (C=O) groups is 2. The summed E-state index contributed by atoms with van der Waals surface area (Å²) in [5.41, 5.74) is 2.08. The fraction of sp³-hybridized carbons (Fsp3) is 0.412. The normalized spacial score (nSPS) is 9.86. The summed E-state index contributed by atoms with van der Waals surface area (Å²) in [5, 5.41) is 2.73. The van der Waals surface area contributed by atoms with Gasteiger partial charge in [0.05, 0.1) is 12.2 Å². The Kier molecular flexibility index (Phi) is 7.23. The smallest absolute Gasteiger partial charge is 0.338 e. The molecule has 0 radical (unpaired) electrons. The first-order valence-electron chi connectivity index (χ1n) is 7.26. The Bertz CT molecular complexity index is 499. The van der Waals surface area contributed by atoms with Crippen molar-refractivity contribution in [2.75, 3.05) is 11.9 Å². The Morgan fingerprint density at radius 1 is 1.14 bits per heavy atom. The van der Waals surface area contributed by atoms with Crippen molar-refractivity contribution in [1.82, 2.24) is 0 Å². The predicted molar refractivity (Wildman–Crippen MR) is 84.3 cm³/mol. The van der Waals surface area contributed by atoms with E-state index >= 15 is 0 Å². The number of esters is 1. The lowest BCUT2D eigenvalue weighted by Crippen LogP contribution is -2.09. The molecule has 21 heavy (non-hydrogen) atoms. The summed E-state index contributed by atoms with van der Waals surface area (Å²) in [5.74, 6) is -0.502. The van der Waals surface area contributed by atoms with Crippen molar-refractivity contribution in [3.63, 3.8) is 0 Å². The van der Waals surface area contributed by atoms with Gasteiger partial charge in [-0.05, 0) is 44.5 Å². The van der Waals surface area contributed by atoms with E-state index in [1.807, 2.05) is 13.8 Å². The topological polar surface area (TPSA) is 55.4 Å². The lowest BCUT2D eigenvalue weighted by Gasteiger charge is -2.06. The molecule has 114 valence electrons. The third-order valence-corrected chi connectivity index (χ3v) is 2.79. The average molecular weight is 289 g/mol. The number of rotatable bonds is 7. The van der Waals surface area contributed by atoms with E-state index in [2.05, 4.69) is 12.2 Å². The minimum absolute atomic E-state index is 0.176. The maximum Gasteiger partial charge on any atom is 0.338 e. The van der Waals surface area contributed by atoms with E-state index in [-0.39, 0.29) is 11.9 Å². The van der Waals surface area contributed by atoms with Crippen LogP contribution in [0.3, 0.4) is 0 Å². The highest BCUT2D eigenvalue weighted by atomic mass is 16.5. The molecule has 0 atom stereocenters. The second-order valence-electron chi connectivity index (χ2n) is 5.13. The number of carbonyl (C=O) groups excluding carboxylic acids is 2. The van der Waals surface area contributed by atoms with Gasteiger partial charge in [-0.25, -0.2) is 4.79 Å². The van der Waals surface area contributed by atoms with Gasteiger partial charge >= 0.3 is 5.97 Å². The lowest BCUT2D eigenvalue weighted by atomic mass is 10.2. The van der Waals surface area contributed by atoms with E-state index < -0.39 is 0 Å². The third kappa shape index (κ3) is 6.75. The van der Waals surface area contributed by atoms with Gasteiger partial charge in [0.1, 0.15) is 0 Å². The van der Waals surface area contributed by atoms with Gasteiger partial charge in [0.2, 0.25) is 5.91 Å². The molecule has 0 aromatic heterocycles. The third-order valence-electron chi connectivity index (χ3n) is 2.79. The number of amides is 1. The van der Waals surface area contributed by atoms with Gasteiger partial charge in [-0.1, -0.05) is 25.3 Å². The Labute approximate surface area is 126 Å². The van der Waals surface area contributed by atoms with Crippen LogP contribution in [0.15, 0.2) is 35.9 Å². The maximum atomic E-state index is 11.8. The van der Waals surface area contributed by atoms with Crippen molar-refractivity contribution in [3.05, 3.63) is 41.5 Å². The van der Waals surface area contributed by atoms with Crippen LogP contribution >= 0.6 is 0 Å². The van der Waals surface area contributed by atoms with Crippen LogP contribution in [0.1, 0.15) is 50.4 Å². The number of nitrogens with one attached hydrogen (secondary N) is 1. The highest BCUT2D eigenvalue weighted by molar-refractivity contribution is 6.00. The van der Waals surface area contributed by atoms with Gasteiger partial charge in [0.25, 0.3) is 0 Å². The van der Waals surface area contributed by atoms with Gasteiger partial charge in [-0.2, -0.15) is 0 Å². The molecule has 1 aromatic carbocycles. The molecule has 0 bridgehead atoms. The molecule has 4 nitrogen and oxygen atoms in total. The zero-order valence-electron chi connectivity index (χ0n) is 12.9. The molecule has 1 rings (SSSR count). The molecule has 0 saturated heterocycles. The van der Waals surface area contributed by atoms with Crippen LogP contribution in [0, 0.1) is 0 Å². The Morgan fingerprint density at radius 2 is 1.81 bits per heavy atom. The quantitative estimate of drug-likeness (QED) is 0.470. The van der Waals surface area contributed by atoms with Crippen molar-refractivity contribution in [2.24, 2.45) is 0 Å². The molecule has 1 amide bonds. The number of hydrogen-bond donors (Lipinski definition) is 1. The van der Waals surface area contributed by atoms with Gasteiger partial charge in [-0.3, -0.25) is 4.79 Å². The molecule has 4 heteroatoms. The SMILES string of the molecule is CCCCCOC(=O)c1ccc(NC(=O)C=C(C)C)cc1. The number of hydrogen-bond acceptors (Lipinski definition) is 3. The zero-order valence-corrected chi connectivity index (χ0v) is 12.9. The van der Waals surface area contributed by atoms with Gasteiger partial charge in [0.15, 0.2) is 0 Å². The fourth-order valence-corrected chi connectivity index (χ4v) is 1.73. The van der Waals surface area contributed by atoms with Crippen LogP contribution < -0.4 is 5.32 Å². The first-order valence-corrected chi connectivity index (χ1v) is 7.26. The van der Waals surface area contributed by atoms with Crippen molar-refractivity contribution in [1.29, 1.82) is 0 Å². The van der Waals surface area contributed by atoms with Crippen LogP contribution in [0.25, 0.3) is 0 Å². The molecular formula is C17H23NO3. The monoisotopic (exact) mass is 289 g/mol. The minimum atomic E-state index is -0.326. The summed E-state index contributed by atoms with van der Waals surface area (Å²) in [4.78, 5) is 23.3. The first-order chi connectivity index (χ1) is 10.0. The molecule has 0 aliphatic rings. The van der Waals surface area contributed by atoms with E-state index in [9.17, 15) is 9.59 Å². The fourth-order valence-electron chi connectivity index (χ4n) is 1.73. The van der Waals surface area contributed by atoms with Crippen molar-refractivity contribution < 1.29 is 14.3 Å². The minimum Gasteiger partial charge on any atom is -0.462 e. The van der Waals surface area contributed by atoms with E-state index in [0.717, 1.165) is 24.8 Å². The van der Waals surface area contributed by atoms with Gasteiger partial charge < -0.3 is 10.1 Å². The Hall–Kier alpha value is -2.10. The van der Waals surface area contributed by atoms with E-state index in [0.29, 0.717) is 17.9 Å². The average Bonchev–Trinajstić information content (AvgIpc) is 2.43. The second-order valence-corrected chi connectivity index (χ2v) is 5.13.